The maximum atomic E-state index is 13.1. The van der Waals surface area contributed by atoms with Crippen LogP contribution in [0.5, 0.6) is 0 Å². The number of sulfonamides is 1. The van der Waals surface area contributed by atoms with Gasteiger partial charge in [-0.1, -0.05) is 13.3 Å². The second kappa shape index (κ2) is 9.32. The van der Waals surface area contributed by atoms with Crippen LogP contribution < -0.4 is 5.32 Å². The topological polar surface area (TPSA) is 121 Å². The number of carbonyl (C=O) groups excluding carboxylic acids is 2. The molecule has 1 aliphatic heterocycles. The molecule has 0 aromatic carbocycles. The van der Waals surface area contributed by atoms with Crippen LogP contribution in [0.3, 0.4) is 0 Å². The van der Waals surface area contributed by atoms with Crippen LogP contribution in [-0.4, -0.2) is 60.5 Å². The molecule has 1 amide bonds. The molecule has 10 heteroatoms. The summed E-state index contributed by atoms with van der Waals surface area (Å²) >= 11 is 0. The van der Waals surface area contributed by atoms with E-state index in [0.29, 0.717) is 19.4 Å². The molecular formula is C17H28N4O5S. The fourth-order valence-electron chi connectivity index (χ4n) is 3.10. The summed E-state index contributed by atoms with van der Waals surface area (Å²) in [4.78, 5) is 24.4. The van der Waals surface area contributed by atoms with Gasteiger partial charge < -0.3 is 10.1 Å². The first kappa shape index (κ1) is 21.4. The quantitative estimate of drug-likeness (QED) is 0.501. The molecule has 0 radical (unpaired) electrons. The lowest BCUT2D eigenvalue weighted by atomic mass is 9.94. The standard InChI is InChI=1S/C17H28N4O5S/c1-4-6-9-18-15(22)13-8-7-12(3)21(11-13)27(24,25)16-14(10-19-20-16)17(23)26-5-2/h10,12-13H,4-9,11H2,1-3H3,(H,18,22)(H,19,20)/t12-,13-/m0/s1. The van der Waals surface area contributed by atoms with Crippen LogP contribution in [-0.2, 0) is 19.6 Å². The summed E-state index contributed by atoms with van der Waals surface area (Å²) in [5.74, 6) is -1.30. The number of esters is 1. The summed E-state index contributed by atoms with van der Waals surface area (Å²) in [6.45, 7) is 6.26. The van der Waals surface area contributed by atoms with Crippen LogP contribution in [0.4, 0.5) is 0 Å². The molecule has 0 saturated carbocycles. The molecule has 2 N–H and O–H groups in total. The summed E-state index contributed by atoms with van der Waals surface area (Å²) in [6.07, 6.45) is 4.19. The van der Waals surface area contributed by atoms with Gasteiger partial charge in [-0.3, -0.25) is 9.89 Å². The molecule has 152 valence electrons. The van der Waals surface area contributed by atoms with Gasteiger partial charge in [-0.05, 0) is 33.1 Å². The van der Waals surface area contributed by atoms with Gasteiger partial charge in [-0.2, -0.15) is 9.40 Å². The lowest BCUT2D eigenvalue weighted by molar-refractivity contribution is -0.126. The van der Waals surface area contributed by atoms with E-state index in [4.69, 9.17) is 4.74 Å². The third-order valence-corrected chi connectivity index (χ3v) is 6.65. The molecule has 9 nitrogen and oxygen atoms in total. The van der Waals surface area contributed by atoms with Gasteiger partial charge in [0.05, 0.1) is 18.7 Å². The third-order valence-electron chi connectivity index (χ3n) is 4.69. The summed E-state index contributed by atoms with van der Waals surface area (Å²) < 4.78 is 32.4. The Kier molecular flexibility index (Phi) is 7.37. The van der Waals surface area contributed by atoms with Crippen LogP contribution in [0, 0.1) is 5.92 Å². The Balaban J connectivity index is 2.20. The highest BCUT2D eigenvalue weighted by Gasteiger charge is 2.40. The first-order valence-corrected chi connectivity index (χ1v) is 10.8. The monoisotopic (exact) mass is 400 g/mol. The minimum absolute atomic E-state index is 0.0722. The zero-order valence-electron chi connectivity index (χ0n) is 16.0. The fourth-order valence-corrected chi connectivity index (χ4v) is 4.87. The molecule has 1 fully saturated rings. The summed E-state index contributed by atoms with van der Waals surface area (Å²) in [5, 5.41) is 8.69. The predicted octanol–water partition coefficient (Wildman–Crippen LogP) is 1.29. The van der Waals surface area contributed by atoms with E-state index >= 15 is 0 Å². The first-order valence-electron chi connectivity index (χ1n) is 9.32. The Morgan fingerprint density at radius 3 is 2.78 bits per heavy atom. The van der Waals surface area contributed by atoms with Crippen molar-refractivity contribution in [2.24, 2.45) is 5.92 Å². The molecule has 2 atom stereocenters. The Labute approximate surface area is 159 Å². The second-order valence-corrected chi connectivity index (χ2v) is 8.50. The van der Waals surface area contributed by atoms with Crippen molar-refractivity contribution in [1.82, 2.24) is 19.8 Å². The van der Waals surface area contributed by atoms with E-state index in [1.807, 2.05) is 6.92 Å². The van der Waals surface area contributed by atoms with E-state index in [1.54, 1.807) is 13.8 Å². The molecule has 0 unspecified atom stereocenters. The van der Waals surface area contributed by atoms with Crippen molar-refractivity contribution in [2.75, 3.05) is 19.7 Å². The van der Waals surface area contributed by atoms with E-state index in [1.165, 1.54) is 4.31 Å². The van der Waals surface area contributed by atoms with E-state index < -0.39 is 21.9 Å². The molecule has 2 rings (SSSR count). The number of unbranched alkanes of at least 4 members (excludes halogenated alkanes) is 1. The Hall–Kier alpha value is -1.94. The van der Waals surface area contributed by atoms with Gasteiger partial charge in [0.15, 0.2) is 5.03 Å². The highest BCUT2D eigenvalue weighted by Crippen LogP contribution is 2.29. The minimum Gasteiger partial charge on any atom is -0.462 e. The van der Waals surface area contributed by atoms with Crippen molar-refractivity contribution < 1.29 is 22.7 Å². The minimum atomic E-state index is -4.02. The zero-order chi connectivity index (χ0) is 20.0. The van der Waals surface area contributed by atoms with Crippen molar-refractivity contribution in [3.8, 4) is 0 Å². The summed E-state index contributed by atoms with van der Waals surface area (Å²) in [6, 6.07) is -0.284. The average molecular weight is 401 g/mol. The van der Waals surface area contributed by atoms with Crippen LogP contribution in [0.2, 0.25) is 0 Å². The number of hydrogen-bond donors (Lipinski definition) is 2. The predicted molar refractivity (Wildman–Crippen MR) is 98.5 cm³/mol. The first-order chi connectivity index (χ1) is 12.8. The molecule has 0 bridgehead atoms. The molecule has 0 aliphatic carbocycles. The van der Waals surface area contributed by atoms with E-state index in [2.05, 4.69) is 15.5 Å². The highest BCUT2D eigenvalue weighted by atomic mass is 32.2. The zero-order valence-corrected chi connectivity index (χ0v) is 16.8. The molecule has 1 aromatic rings. The maximum absolute atomic E-state index is 13.1. The highest BCUT2D eigenvalue weighted by molar-refractivity contribution is 7.89. The molecule has 1 aromatic heterocycles. The van der Waals surface area contributed by atoms with Gasteiger partial charge in [-0.15, -0.1) is 0 Å². The summed E-state index contributed by atoms with van der Waals surface area (Å²) in [5.41, 5.74) is -0.126. The van der Waals surface area contributed by atoms with Crippen LogP contribution >= 0.6 is 0 Å². The number of carbonyl (C=O) groups is 2. The molecule has 2 heterocycles. The molecule has 1 aliphatic rings. The number of hydrogen-bond acceptors (Lipinski definition) is 6. The largest absolute Gasteiger partial charge is 0.462 e. The van der Waals surface area contributed by atoms with Gasteiger partial charge in [0.25, 0.3) is 10.0 Å². The van der Waals surface area contributed by atoms with Crippen molar-refractivity contribution in [1.29, 1.82) is 0 Å². The smallest absolute Gasteiger partial charge is 0.342 e. The van der Waals surface area contributed by atoms with Gasteiger partial charge in [-0.25, -0.2) is 13.2 Å². The number of aromatic amines is 1. The van der Waals surface area contributed by atoms with Crippen molar-refractivity contribution >= 4 is 21.9 Å². The number of nitrogens with zero attached hydrogens (tertiary/aromatic N) is 2. The van der Waals surface area contributed by atoms with Crippen molar-refractivity contribution in [3.63, 3.8) is 0 Å². The number of rotatable bonds is 8. The lowest BCUT2D eigenvalue weighted by Gasteiger charge is -2.36. The van der Waals surface area contributed by atoms with Crippen LogP contribution in [0.25, 0.3) is 0 Å². The Morgan fingerprint density at radius 1 is 1.37 bits per heavy atom. The Bertz CT molecular complexity index is 761. The molecule has 0 spiro atoms. The van der Waals surface area contributed by atoms with Crippen LogP contribution in [0.1, 0.15) is 56.8 Å². The van der Waals surface area contributed by atoms with Crippen molar-refractivity contribution in [3.05, 3.63) is 11.8 Å². The number of ether oxygens (including phenoxy) is 1. The number of amides is 1. The molecule has 1 saturated heterocycles. The number of aromatic nitrogens is 2. The third kappa shape index (κ3) is 4.86. The lowest BCUT2D eigenvalue weighted by Crippen LogP contribution is -2.49. The number of H-pyrrole nitrogens is 1. The summed E-state index contributed by atoms with van der Waals surface area (Å²) in [7, 11) is -4.02. The van der Waals surface area contributed by atoms with E-state index in [-0.39, 0.29) is 35.7 Å². The van der Waals surface area contributed by atoms with Gasteiger partial charge in [0, 0.05) is 19.1 Å². The Morgan fingerprint density at radius 2 is 2.11 bits per heavy atom. The van der Waals surface area contributed by atoms with E-state index in [9.17, 15) is 18.0 Å². The van der Waals surface area contributed by atoms with Crippen molar-refractivity contribution in [2.45, 2.75) is 57.5 Å². The maximum Gasteiger partial charge on any atom is 0.342 e. The van der Waals surface area contributed by atoms with E-state index in [0.717, 1.165) is 19.0 Å². The van der Waals surface area contributed by atoms with Gasteiger partial charge >= 0.3 is 5.97 Å². The average Bonchev–Trinajstić information content (AvgIpc) is 3.13. The number of nitrogens with one attached hydrogen (secondary N) is 2. The van der Waals surface area contributed by atoms with Gasteiger partial charge in [0.2, 0.25) is 5.91 Å². The molecule has 27 heavy (non-hydrogen) atoms. The normalized spacial score (nSPS) is 21.0. The van der Waals surface area contributed by atoms with Crippen LogP contribution in [0.15, 0.2) is 11.2 Å². The fraction of sp³-hybridized carbons (Fsp3) is 0.706. The number of piperidine rings is 1. The second-order valence-electron chi connectivity index (χ2n) is 6.68. The SMILES string of the molecule is CCCCNC(=O)[C@H]1CC[C@H](C)N(S(=O)(=O)c2[nH]ncc2C(=O)OCC)C1. The van der Waals surface area contributed by atoms with Gasteiger partial charge in [0.1, 0.15) is 5.56 Å². The molecular weight excluding hydrogens is 372 g/mol.